The molecule has 0 saturated carbocycles. The normalized spacial score (nSPS) is 22.2. The third-order valence-corrected chi connectivity index (χ3v) is 2.06. The molecule has 0 aromatic carbocycles. The Kier molecular flexibility index (Phi) is 1.09. The van der Waals surface area contributed by atoms with Crippen molar-refractivity contribution in [1.29, 1.82) is 0 Å². The fourth-order valence-electron chi connectivity index (χ4n) is 0.817. The Bertz CT molecular complexity index is 205. The van der Waals surface area contributed by atoms with E-state index in [0.29, 0.717) is 0 Å². The van der Waals surface area contributed by atoms with Gasteiger partial charge in [-0.2, -0.15) is 0 Å². The summed E-state index contributed by atoms with van der Waals surface area (Å²) in [6, 6.07) is 0. The first kappa shape index (κ1) is 5.11. The predicted octanol–water partition coefficient (Wildman–Crippen LogP) is 1.39. The topological polar surface area (TPSA) is 15.6 Å². The molecule has 2 heterocycles. The first-order valence-electron chi connectivity index (χ1n) is 2.79. The number of hydrogen-bond donors (Lipinski definition) is 0. The largest absolute Gasteiger partial charge is 0.323 e. The first-order chi connectivity index (χ1) is 4.47. The highest BCUT2D eigenvalue weighted by molar-refractivity contribution is 8.16. The maximum Gasteiger partial charge on any atom is 0.172 e. The minimum Gasteiger partial charge on any atom is -0.323 e. The second kappa shape index (κ2) is 1.92. The summed E-state index contributed by atoms with van der Waals surface area (Å²) in [4.78, 5) is 6.27. The third kappa shape index (κ3) is 0.772. The van der Waals surface area contributed by atoms with Gasteiger partial charge < -0.3 is 4.90 Å². The van der Waals surface area contributed by atoms with Crippen LogP contribution in [0, 0.1) is 0 Å². The van der Waals surface area contributed by atoms with Crippen molar-refractivity contribution in [2.75, 3.05) is 6.54 Å². The van der Waals surface area contributed by atoms with Crippen LogP contribution in [0.25, 0.3) is 0 Å². The number of fused-ring (bicyclic) bond motifs is 1. The molecule has 0 spiro atoms. The van der Waals surface area contributed by atoms with Crippen LogP contribution in [-0.4, -0.2) is 16.6 Å². The molecule has 0 aromatic heterocycles. The summed E-state index contributed by atoms with van der Waals surface area (Å²) < 4.78 is 0. The lowest BCUT2D eigenvalue weighted by atomic mass is 10.5. The summed E-state index contributed by atoms with van der Waals surface area (Å²) in [5, 5.41) is 3.14. The van der Waals surface area contributed by atoms with E-state index >= 15 is 0 Å². The van der Waals surface area contributed by atoms with Crippen LogP contribution < -0.4 is 0 Å². The summed E-state index contributed by atoms with van der Waals surface area (Å²) >= 11 is 1.67. The van der Waals surface area contributed by atoms with Gasteiger partial charge in [-0.15, -0.1) is 0 Å². The maximum absolute atomic E-state index is 4.15. The zero-order chi connectivity index (χ0) is 6.10. The average molecular weight is 138 g/mol. The molecule has 0 saturated heterocycles. The van der Waals surface area contributed by atoms with E-state index in [1.807, 2.05) is 23.9 Å². The van der Waals surface area contributed by atoms with Crippen molar-refractivity contribution in [1.82, 2.24) is 4.90 Å². The zero-order valence-corrected chi connectivity index (χ0v) is 5.64. The number of thioether (sulfide) groups is 1. The minimum absolute atomic E-state index is 0.975. The van der Waals surface area contributed by atoms with Crippen LogP contribution in [-0.2, 0) is 0 Å². The number of hydrogen-bond acceptors (Lipinski definition) is 3. The average Bonchev–Trinajstić information content (AvgIpc) is 2.33. The lowest BCUT2D eigenvalue weighted by molar-refractivity contribution is 0.632. The van der Waals surface area contributed by atoms with Crippen molar-refractivity contribution < 1.29 is 0 Å². The van der Waals surface area contributed by atoms with Crippen LogP contribution in [0.5, 0.6) is 0 Å². The van der Waals surface area contributed by atoms with E-state index in [-0.39, 0.29) is 0 Å². The van der Waals surface area contributed by atoms with Gasteiger partial charge in [-0.05, 0) is 11.5 Å². The fraction of sp³-hybridized carbons (Fsp3) is 0.167. The second-order valence-corrected chi connectivity index (χ2v) is 2.72. The highest BCUT2D eigenvalue weighted by Crippen LogP contribution is 2.20. The molecule has 2 rings (SSSR count). The van der Waals surface area contributed by atoms with Gasteiger partial charge in [-0.3, -0.25) is 0 Å². The van der Waals surface area contributed by atoms with E-state index in [0.717, 1.165) is 11.7 Å². The molecule has 0 atom stereocenters. The second-order valence-electron chi connectivity index (χ2n) is 1.85. The van der Waals surface area contributed by atoms with Gasteiger partial charge >= 0.3 is 0 Å². The molecule has 0 N–H and O–H groups in total. The Hall–Kier alpha value is -0.700. The molecule has 2 aliphatic rings. The molecule has 46 valence electrons. The molecule has 2 nitrogen and oxygen atoms in total. The van der Waals surface area contributed by atoms with E-state index in [1.165, 1.54) is 0 Å². The molecule has 2 aliphatic heterocycles. The van der Waals surface area contributed by atoms with Gasteiger partial charge in [0.25, 0.3) is 0 Å². The van der Waals surface area contributed by atoms with Crippen LogP contribution in [0.2, 0.25) is 0 Å². The van der Waals surface area contributed by atoms with Gasteiger partial charge in [-0.1, -0.05) is 11.8 Å². The number of aliphatic imine (C=N–C) groups is 1. The van der Waals surface area contributed by atoms with Gasteiger partial charge in [0, 0.05) is 18.9 Å². The van der Waals surface area contributed by atoms with E-state index in [9.17, 15) is 0 Å². The molecular weight excluding hydrogens is 132 g/mol. The lowest BCUT2D eigenvalue weighted by Crippen LogP contribution is -2.21. The number of rotatable bonds is 0. The van der Waals surface area contributed by atoms with E-state index in [4.69, 9.17) is 0 Å². The minimum atomic E-state index is 0.975. The molecule has 0 aromatic rings. The monoisotopic (exact) mass is 138 g/mol. The zero-order valence-electron chi connectivity index (χ0n) is 4.82. The predicted molar refractivity (Wildman–Crippen MR) is 40.0 cm³/mol. The first-order valence-corrected chi connectivity index (χ1v) is 3.67. The van der Waals surface area contributed by atoms with Crippen LogP contribution in [0.4, 0.5) is 0 Å². The summed E-state index contributed by atoms with van der Waals surface area (Å²) in [6.07, 6.45) is 5.94. The van der Waals surface area contributed by atoms with Gasteiger partial charge in [0.1, 0.15) is 0 Å². The van der Waals surface area contributed by atoms with Crippen LogP contribution in [0.1, 0.15) is 0 Å². The SMILES string of the molecule is C1=CN=C2SC=CN2C1. The van der Waals surface area contributed by atoms with Gasteiger partial charge in [0.2, 0.25) is 0 Å². The number of amidine groups is 1. The van der Waals surface area contributed by atoms with E-state index in [2.05, 4.69) is 9.89 Å². The Labute approximate surface area is 58.0 Å². The Morgan fingerprint density at radius 1 is 1.67 bits per heavy atom. The number of nitrogens with zero attached hydrogens (tertiary/aromatic N) is 2. The Balaban J connectivity index is 2.29. The smallest absolute Gasteiger partial charge is 0.172 e. The molecule has 9 heavy (non-hydrogen) atoms. The van der Waals surface area contributed by atoms with Crippen LogP contribution in [0.15, 0.2) is 28.9 Å². The highest BCUT2D eigenvalue weighted by atomic mass is 32.2. The van der Waals surface area contributed by atoms with Crippen LogP contribution in [0.3, 0.4) is 0 Å². The van der Waals surface area contributed by atoms with Gasteiger partial charge in [-0.25, -0.2) is 4.99 Å². The van der Waals surface area contributed by atoms with Crippen molar-refractivity contribution in [3.05, 3.63) is 23.9 Å². The fourth-order valence-corrected chi connectivity index (χ4v) is 1.54. The quantitative estimate of drug-likeness (QED) is 0.502. The standard InChI is InChI=1S/C6H6N2S/c1-2-7-6-8(3-1)4-5-9-6/h1-2,4-5H,3H2. The molecule has 0 fully saturated rings. The van der Waals surface area contributed by atoms with Gasteiger partial charge in [0.15, 0.2) is 5.17 Å². The molecule has 0 bridgehead atoms. The van der Waals surface area contributed by atoms with E-state index in [1.54, 1.807) is 11.8 Å². The maximum atomic E-state index is 4.15. The summed E-state index contributed by atoms with van der Waals surface area (Å²) in [5.41, 5.74) is 0. The van der Waals surface area contributed by atoms with Crippen molar-refractivity contribution in [3.8, 4) is 0 Å². The van der Waals surface area contributed by atoms with Gasteiger partial charge in [0.05, 0.1) is 0 Å². The van der Waals surface area contributed by atoms with Crippen LogP contribution >= 0.6 is 11.8 Å². The molecule has 3 heteroatoms. The Morgan fingerprint density at radius 2 is 2.67 bits per heavy atom. The summed E-state index contributed by atoms with van der Waals surface area (Å²) in [7, 11) is 0. The van der Waals surface area contributed by atoms with E-state index < -0.39 is 0 Å². The third-order valence-electron chi connectivity index (χ3n) is 1.25. The molecule has 0 aliphatic carbocycles. The molecule has 0 unspecified atom stereocenters. The Morgan fingerprint density at radius 3 is 3.56 bits per heavy atom. The highest BCUT2D eigenvalue weighted by Gasteiger charge is 2.13. The molecular formula is C6H6N2S. The summed E-state index contributed by atoms with van der Waals surface area (Å²) in [5.74, 6) is 0. The summed E-state index contributed by atoms with van der Waals surface area (Å²) in [6.45, 7) is 0.975. The van der Waals surface area contributed by atoms with Crippen molar-refractivity contribution in [2.45, 2.75) is 0 Å². The lowest BCUT2D eigenvalue weighted by Gasteiger charge is -2.15. The van der Waals surface area contributed by atoms with Crippen molar-refractivity contribution in [2.24, 2.45) is 4.99 Å². The molecule has 0 radical (unpaired) electrons. The van der Waals surface area contributed by atoms with Crippen molar-refractivity contribution in [3.63, 3.8) is 0 Å². The van der Waals surface area contributed by atoms with Crippen molar-refractivity contribution >= 4 is 16.9 Å². The molecule has 0 amide bonds.